The van der Waals surface area contributed by atoms with Gasteiger partial charge in [-0.1, -0.05) is 30.7 Å². The highest BCUT2D eigenvalue weighted by molar-refractivity contribution is 7.98. The number of hydrazine groups is 1. The molecule has 2 unspecified atom stereocenters. The highest BCUT2D eigenvalue weighted by Crippen LogP contribution is 2.21. The maximum atomic E-state index is 11.3. The minimum atomic E-state index is 0.0703. The van der Waals surface area contributed by atoms with Crippen LogP contribution in [0, 0.1) is 5.92 Å². The summed E-state index contributed by atoms with van der Waals surface area (Å²) in [6.07, 6.45) is 4.83. The van der Waals surface area contributed by atoms with Gasteiger partial charge in [0.2, 0.25) is 5.91 Å². The van der Waals surface area contributed by atoms with Gasteiger partial charge in [-0.15, -0.1) is 11.8 Å². The highest BCUT2D eigenvalue weighted by atomic mass is 32.2. The zero-order valence-corrected chi connectivity index (χ0v) is 12.4. The van der Waals surface area contributed by atoms with Gasteiger partial charge in [0.1, 0.15) is 0 Å². The Morgan fingerprint density at radius 3 is 2.63 bits per heavy atom. The molecule has 1 heterocycles. The van der Waals surface area contributed by atoms with Gasteiger partial charge in [-0.05, 0) is 36.8 Å². The lowest BCUT2D eigenvalue weighted by atomic mass is 9.90. The number of rotatable bonds is 3. The third-order valence-electron chi connectivity index (χ3n) is 3.44. The minimum Gasteiger partial charge on any atom is -0.291 e. The first-order valence-electron chi connectivity index (χ1n) is 6.47. The molecule has 1 aromatic carbocycles. The summed E-state index contributed by atoms with van der Waals surface area (Å²) >= 11 is 1.74. The average molecular weight is 276 g/mol. The van der Waals surface area contributed by atoms with Gasteiger partial charge in [-0.25, -0.2) is 5.43 Å². The van der Waals surface area contributed by atoms with Gasteiger partial charge < -0.3 is 0 Å². The second kappa shape index (κ2) is 6.26. The fourth-order valence-electron chi connectivity index (χ4n) is 2.38. The van der Waals surface area contributed by atoms with E-state index in [0.717, 1.165) is 0 Å². The van der Waals surface area contributed by atoms with E-state index >= 15 is 0 Å². The molecule has 1 amide bonds. The Morgan fingerprint density at radius 2 is 2.05 bits per heavy atom. The topological polar surface area (TPSA) is 41.1 Å². The molecule has 19 heavy (non-hydrogen) atoms. The van der Waals surface area contributed by atoms with E-state index in [1.54, 1.807) is 11.8 Å². The van der Waals surface area contributed by atoms with Crippen molar-refractivity contribution in [3.05, 3.63) is 35.4 Å². The van der Waals surface area contributed by atoms with Crippen LogP contribution in [-0.4, -0.2) is 18.2 Å². The lowest BCUT2D eigenvalue weighted by molar-refractivity contribution is -0.125. The van der Waals surface area contributed by atoms with Gasteiger partial charge in [0.15, 0.2) is 0 Å². The summed E-state index contributed by atoms with van der Waals surface area (Å²) in [7, 11) is 0. The van der Waals surface area contributed by atoms with E-state index in [9.17, 15) is 4.79 Å². The van der Waals surface area contributed by atoms with Gasteiger partial charge in [0.25, 0.3) is 0 Å². The summed E-state index contributed by atoms with van der Waals surface area (Å²) in [6.45, 7) is 4.21. The number of nitrogens with one attached hydrogen (secondary N) is 2. The van der Waals surface area contributed by atoms with Gasteiger partial charge in [-0.2, -0.15) is 0 Å². The van der Waals surface area contributed by atoms with E-state index in [0.29, 0.717) is 12.3 Å². The number of hydrogen-bond donors (Lipinski definition) is 2. The van der Waals surface area contributed by atoms with Gasteiger partial charge in [-0.3, -0.25) is 10.2 Å². The second-order valence-corrected chi connectivity index (χ2v) is 5.89. The van der Waals surface area contributed by atoms with Crippen molar-refractivity contribution < 1.29 is 4.79 Å². The van der Waals surface area contributed by atoms with Crippen molar-refractivity contribution in [1.82, 2.24) is 10.9 Å². The monoisotopic (exact) mass is 276 g/mol. The maximum absolute atomic E-state index is 11.3. The standard InChI is InChI=1S/C15H20N2OS/c1-10(15-11(2)9-14(18)16-17-15)8-12-4-6-13(19-3)7-5-12/h4-8,11,15,17H,9H2,1-3H3,(H,16,18)/b10-8+. The molecule has 3 nitrogen and oxygen atoms in total. The zero-order chi connectivity index (χ0) is 13.8. The van der Waals surface area contributed by atoms with Crippen molar-refractivity contribution in [1.29, 1.82) is 0 Å². The fourth-order valence-corrected chi connectivity index (χ4v) is 2.79. The fraction of sp³-hybridized carbons (Fsp3) is 0.400. The number of carbonyl (C=O) groups excluding carboxylic acids is 1. The van der Waals surface area contributed by atoms with Crippen LogP contribution in [-0.2, 0) is 4.79 Å². The van der Waals surface area contributed by atoms with Crippen molar-refractivity contribution in [2.24, 2.45) is 5.92 Å². The molecule has 4 heteroatoms. The molecule has 2 N–H and O–H groups in total. The van der Waals surface area contributed by atoms with Gasteiger partial charge in [0, 0.05) is 11.3 Å². The largest absolute Gasteiger partial charge is 0.291 e. The van der Waals surface area contributed by atoms with E-state index in [1.165, 1.54) is 16.0 Å². The van der Waals surface area contributed by atoms with Crippen molar-refractivity contribution in [2.45, 2.75) is 31.2 Å². The normalized spacial score (nSPS) is 24.2. The number of benzene rings is 1. The van der Waals surface area contributed by atoms with Crippen LogP contribution in [0.1, 0.15) is 25.8 Å². The Hall–Kier alpha value is -1.26. The van der Waals surface area contributed by atoms with Crippen LogP contribution in [0.5, 0.6) is 0 Å². The summed E-state index contributed by atoms with van der Waals surface area (Å²) in [4.78, 5) is 12.5. The zero-order valence-electron chi connectivity index (χ0n) is 11.6. The van der Waals surface area contributed by atoms with Crippen LogP contribution in [0.4, 0.5) is 0 Å². The Labute approximate surface area is 118 Å². The summed E-state index contributed by atoms with van der Waals surface area (Å²) < 4.78 is 0. The summed E-state index contributed by atoms with van der Waals surface area (Å²) in [5, 5.41) is 0. The molecular weight excluding hydrogens is 256 g/mol. The molecule has 2 atom stereocenters. The van der Waals surface area contributed by atoms with Crippen LogP contribution in [0.15, 0.2) is 34.7 Å². The number of hydrogen-bond acceptors (Lipinski definition) is 3. The van der Waals surface area contributed by atoms with E-state index in [2.05, 4.69) is 61.3 Å². The minimum absolute atomic E-state index is 0.0703. The maximum Gasteiger partial charge on any atom is 0.234 e. The second-order valence-electron chi connectivity index (χ2n) is 5.01. The van der Waals surface area contributed by atoms with Gasteiger partial charge in [0.05, 0.1) is 6.04 Å². The van der Waals surface area contributed by atoms with Crippen LogP contribution in [0.2, 0.25) is 0 Å². The molecule has 0 aliphatic carbocycles. The lowest BCUT2D eigenvalue weighted by Gasteiger charge is -2.30. The van der Waals surface area contributed by atoms with E-state index in [-0.39, 0.29) is 11.9 Å². The first-order valence-corrected chi connectivity index (χ1v) is 7.69. The molecule has 1 aromatic rings. The quantitative estimate of drug-likeness (QED) is 0.834. The lowest BCUT2D eigenvalue weighted by Crippen LogP contribution is -2.53. The van der Waals surface area contributed by atoms with E-state index < -0.39 is 0 Å². The SMILES string of the molecule is CSc1ccc(/C=C(\C)C2NNC(=O)CC2C)cc1. The smallest absolute Gasteiger partial charge is 0.234 e. The van der Waals surface area contributed by atoms with Crippen LogP contribution >= 0.6 is 11.8 Å². The molecule has 0 saturated carbocycles. The molecule has 0 spiro atoms. The first kappa shape index (κ1) is 14.2. The molecule has 0 radical (unpaired) electrons. The van der Waals surface area contributed by atoms with Gasteiger partial charge >= 0.3 is 0 Å². The molecule has 0 bridgehead atoms. The third kappa shape index (κ3) is 3.61. The average Bonchev–Trinajstić information content (AvgIpc) is 2.39. The van der Waals surface area contributed by atoms with Crippen LogP contribution in [0.3, 0.4) is 0 Å². The predicted octanol–water partition coefficient (Wildman–Crippen LogP) is 2.84. The third-order valence-corrected chi connectivity index (χ3v) is 4.19. The molecule has 1 aliphatic heterocycles. The summed E-state index contributed by atoms with van der Waals surface area (Å²) in [6, 6.07) is 8.72. The van der Waals surface area contributed by atoms with Crippen molar-refractivity contribution in [2.75, 3.05) is 6.26 Å². The predicted molar refractivity (Wildman–Crippen MR) is 80.7 cm³/mol. The molecule has 2 rings (SSSR count). The molecular formula is C15H20N2OS. The van der Waals surface area contributed by atoms with E-state index in [4.69, 9.17) is 0 Å². The molecule has 1 saturated heterocycles. The molecule has 1 fully saturated rings. The Kier molecular flexibility index (Phi) is 4.66. The van der Waals surface area contributed by atoms with Crippen molar-refractivity contribution >= 4 is 23.7 Å². The van der Waals surface area contributed by atoms with Crippen LogP contribution in [0.25, 0.3) is 6.08 Å². The first-order chi connectivity index (χ1) is 9.10. The Balaban J connectivity index is 2.11. The molecule has 1 aliphatic rings. The number of amides is 1. The molecule has 0 aromatic heterocycles. The molecule has 102 valence electrons. The number of carbonyl (C=O) groups is 1. The van der Waals surface area contributed by atoms with E-state index in [1.807, 2.05) is 0 Å². The Morgan fingerprint density at radius 1 is 1.37 bits per heavy atom. The van der Waals surface area contributed by atoms with Crippen LogP contribution < -0.4 is 10.9 Å². The summed E-state index contributed by atoms with van der Waals surface area (Å²) in [5.74, 6) is 0.386. The Bertz CT molecular complexity index is 481. The van der Waals surface area contributed by atoms with Crippen molar-refractivity contribution in [3.8, 4) is 0 Å². The number of thioether (sulfide) groups is 1. The van der Waals surface area contributed by atoms with Crippen molar-refractivity contribution in [3.63, 3.8) is 0 Å². The highest BCUT2D eigenvalue weighted by Gasteiger charge is 2.26. The summed E-state index contributed by atoms with van der Waals surface area (Å²) in [5.41, 5.74) is 8.24.